The van der Waals surface area contributed by atoms with Crippen LogP contribution in [0.2, 0.25) is 5.02 Å². The molecular formula is C19H24Cl3N3O. The maximum absolute atomic E-state index is 12.7. The van der Waals surface area contributed by atoms with Gasteiger partial charge in [0, 0.05) is 28.6 Å². The first-order valence-electron chi connectivity index (χ1n) is 8.80. The second kappa shape index (κ2) is 9.23. The molecule has 1 aromatic carbocycles. The number of pyridine rings is 1. The zero-order chi connectivity index (χ0) is 16.5. The molecule has 2 aliphatic rings. The molecule has 0 bridgehead atoms. The highest BCUT2D eigenvalue weighted by Gasteiger charge is 2.27. The van der Waals surface area contributed by atoms with Crippen molar-refractivity contribution in [3.05, 3.63) is 40.5 Å². The van der Waals surface area contributed by atoms with Crippen molar-refractivity contribution in [1.82, 2.24) is 15.6 Å². The van der Waals surface area contributed by atoms with Crippen molar-refractivity contribution < 1.29 is 4.79 Å². The van der Waals surface area contributed by atoms with Gasteiger partial charge in [0.25, 0.3) is 5.91 Å². The Morgan fingerprint density at radius 1 is 1.23 bits per heavy atom. The van der Waals surface area contributed by atoms with Gasteiger partial charge in [0.1, 0.15) is 0 Å². The van der Waals surface area contributed by atoms with E-state index in [0.29, 0.717) is 29.0 Å². The van der Waals surface area contributed by atoms with Gasteiger partial charge in [-0.15, -0.1) is 24.8 Å². The first-order chi connectivity index (χ1) is 11.7. The molecular weight excluding hydrogens is 393 g/mol. The van der Waals surface area contributed by atoms with E-state index in [-0.39, 0.29) is 30.7 Å². The minimum atomic E-state index is -0.0162. The van der Waals surface area contributed by atoms with Gasteiger partial charge in [0.15, 0.2) is 0 Å². The van der Waals surface area contributed by atoms with Crippen molar-refractivity contribution in [3.63, 3.8) is 0 Å². The number of nitrogens with one attached hydrogen (secondary N) is 2. The lowest BCUT2D eigenvalue weighted by atomic mass is 10.0. The van der Waals surface area contributed by atoms with Crippen LogP contribution < -0.4 is 10.6 Å². The smallest absolute Gasteiger partial charge is 0.252 e. The molecule has 26 heavy (non-hydrogen) atoms. The van der Waals surface area contributed by atoms with Crippen molar-refractivity contribution in [1.29, 1.82) is 0 Å². The zero-order valence-electron chi connectivity index (χ0n) is 14.5. The summed E-state index contributed by atoms with van der Waals surface area (Å²) < 4.78 is 0. The van der Waals surface area contributed by atoms with Gasteiger partial charge in [0.2, 0.25) is 0 Å². The molecule has 2 fully saturated rings. The van der Waals surface area contributed by atoms with E-state index in [0.717, 1.165) is 36.1 Å². The Morgan fingerprint density at radius 2 is 2.04 bits per heavy atom. The number of hydrogen-bond acceptors (Lipinski definition) is 3. The Hall–Kier alpha value is -1.07. The van der Waals surface area contributed by atoms with Gasteiger partial charge >= 0.3 is 0 Å². The molecule has 142 valence electrons. The van der Waals surface area contributed by atoms with Gasteiger partial charge in [-0.25, -0.2) is 0 Å². The number of carbonyl (C=O) groups excluding carboxylic acids is 1. The Kier molecular flexibility index (Phi) is 7.53. The maximum Gasteiger partial charge on any atom is 0.252 e. The summed E-state index contributed by atoms with van der Waals surface area (Å²) in [6.45, 7) is 2.88. The van der Waals surface area contributed by atoms with Gasteiger partial charge < -0.3 is 10.6 Å². The molecule has 2 aromatic rings. The number of halogens is 3. The molecule has 1 aromatic heterocycles. The number of aromatic nitrogens is 1. The van der Waals surface area contributed by atoms with E-state index in [1.54, 1.807) is 0 Å². The average molecular weight is 417 g/mol. The van der Waals surface area contributed by atoms with Crippen LogP contribution in [0.1, 0.15) is 47.7 Å². The topological polar surface area (TPSA) is 54.0 Å². The van der Waals surface area contributed by atoms with Crippen LogP contribution in [-0.2, 0) is 0 Å². The second-order valence-electron chi connectivity index (χ2n) is 6.93. The Bertz CT molecular complexity index is 774. The summed E-state index contributed by atoms with van der Waals surface area (Å²) in [5, 5.41) is 7.92. The van der Waals surface area contributed by atoms with E-state index < -0.39 is 0 Å². The van der Waals surface area contributed by atoms with Crippen LogP contribution in [0, 0.1) is 5.92 Å². The average Bonchev–Trinajstić information content (AvgIpc) is 3.31. The monoisotopic (exact) mass is 415 g/mol. The highest BCUT2D eigenvalue weighted by atomic mass is 35.5. The van der Waals surface area contributed by atoms with Crippen LogP contribution in [0.4, 0.5) is 0 Å². The van der Waals surface area contributed by atoms with Crippen molar-refractivity contribution in [2.24, 2.45) is 5.92 Å². The molecule has 1 amide bonds. The molecule has 4 rings (SSSR count). The van der Waals surface area contributed by atoms with Gasteiger partial charge in [0.05, 0.1) is 11.1 Å². The third-order valence-corrected chi connectivity index (χ3v) is 5.27. The molecule has 1 aliphatic carbocycles. The highest BCUT2D eigenvalue weighted by molar-refractivity contribution is 6.31. The van der Waals surface area contributed by atoms with Gasteiger partial charge in [-0.3, -0.25) is 9.78 Å². The van der Waals surface area contributed by atoms with Crippen molar-refractivity contribution in [2.45, 2.75) is 31.6 Å². The Morgan fingerprint density at radius 3 is 2.73 bits per heavy atom. The van der Waals surface area contributed by atoms with Crippen LogP contribution >= 0.6 is 36.4 Å². The van der Waals surface area contributed by atoms with Crippen LogP contribution in [0.3, 0.4) is 0 Å². The molecule has 1 atom stereocenters. The molecule has 2 N–H and O–H groups in total. The summed E-state index contributed by atoms with van der Waals surface area (Å²) in [7, 11) is 0. The lowest BCUT2D eigenvalue weighted by Crippen LogP contribution is -2.27. The number of benzene rings is 1. The van der Waals surface area contributed by atoms with E-state index in [2.05, 4.69) is 10.6 Å². The molecule has 1 saturated heterocycles. The fourth-order valence-corrected chi connectivity index (χ4v) is 3.61. The fraction of sp³-hybridized carbons (Fsp3) is 0.474. The van der Waals surface area contributed by atoms with Crippen LogP contribution in [0.25, 0.3) is 10.9 Å². The SMILES string of the molecule is Cl.Cl.O=C(NCCC1CCNC1)c1cc(C2CC2)nc2ccc(Cl)cc12. The molecule has 1 aliphatic heterocycles. The number of nitrogens with zero attached hydrogens (tertiary/aromatic N) is 1. The molecule has 0 spiro atoms. The minimum Gasteiger partial charge on any atom is -0.352 e. The summed E-state index contributed by atoms with van der Waals surface area (Å²) in [6.07, 6.45) is 4.57. The fourth-order valence-electron chi connectivity index (χ4n) is 3.44. The first kappa shape index (κ1) is 21.2. The third kappa shape index (κ3) is 4.80. The van der Waals surface area contributed by atoms with E-state index in [1.807, 2.05) is 24.3 Å². The van der Waals surface area contributed by atoms with E-state index in [9.17, 15) is 4.79 Å². The van der Waals surface area contributed by atoms with Crippen molar-refractivity contribution in [2.75, 3.05) is 19.6 Å². The quantitative estimate of drug-likeness (QED) is 0.762. The minimum absolute atomic E-state index is 0. The lowest BCUT2D eigenvalue weighted by Gasteiger charge is -2.12. The molecule has 1 unspecified atom stereocenters. The number of amides is 1. The normalized spacial score (nSPS) is 18.9. The molecule has 7 heteroatoms. The molecule has 4 nitrogen and oxygen atoms in total. The largest absolute Gasteiger partial charge is 0.352 e. The molecule has 2 heterocycles. The second-order valence-corrected chi connectivity index (χ2v) is 7.37. The van der Waals surface area contributed by atoms with Gasteiger partial charge in [-0.1, -0.05) is 11.6 Å². The van der Waals surface area contributed by atoms with E-state index in [4.69, 9.17) is 16.6 Å². The summed E-state index contributed by atoms with van der Waals surface area (Å²) in [6, 6.07) is 7.55. The van der Waals surface area contributed by atoms with Gasteiger partial charge in [-0.2, -0.15) is 0 Å². The summed E-state index contributed by atoms with van der Waals surface area (Å²) in [5.41, 5.74) is 2.60. The summed E-state index contributed by atoms with van der Waals surface area (Å²) in [4.78, 5) is 17.5. The Labute approximate surface area is 171 Å². The summed E-state index contributed by atoms with van der Waals surface area (Å²) in [5.74, 6) is 1.18. The van der Waals surface area contributed by atoms with Crippen molar-refractivity contribution >= 4 is 53.2 Å². The first-order valence-corrected chi connectivity index (χ1v) is 9.17. The molecule has 0 radical (unpaired) electrons. The van der Waals surface area contributed by atoms with Crippen LogP contribution in [-0.4, -0.2) is 30.5 Å². The number of carbonyl (C=O) groups is 1. The predicted molar refractivity (Wildman–Crippen MR) is 111 cm³/mol. The number of rotatable bonds is 5. The number of hydrogen-bond donors (Lipinski definition) is 2. The zero-order valence-corrected chi connectivity index (χ0v) is 16.9. The predicted octanol–water partition coefficient (Wildman–Crippen LogP) is 4.34. The number of fused-ring (bicyclic) bond motifs is 1. The van der Waals surface area contributed by atoms with Crippen LogP contribution in [0.5, 0.6) is 0 Å². The molecule has 1 saturated carbocycles. The maximum atomic E-state index is 12.7. The van der Waals surface area contributed by atoms with E-state index >= 15 is 0 Å². The highest BCUT2D eigenvalue weighted by Crippen LogP contribution is 2.40. The summed E-state index contributed by atoms with van der Waals surface area (Å²) >= 11 is 6.13. The third-order valence-electron chi connectivity index (χ3n) is 5.03. The van der Waals surface area contributed by atoms with Gasteiger partial charge in [-0.05, 0) is 69.0 Å². The van der Waals surface area contributed by atoms with E-state index in [1.165, 1.54) is 19.3 Å². The standard InChI is InChI=1S/C19H22ClN3O.2ClH/c20-14-3-4-17-15(9-14)16(10-18(23-17)13-1-2-13)19(24)22-8-6-12-5-7-21-11-12;;/h3-4,9-10,12-13,21H,1-2,5-8,11H2,(H,22,24);2*1H. The lowest BCUT2D eigenvalue weighted by molar-refractivity contribution is 0.0953. The Balaban J connectivity index is 0.00000121. The van der Waals surface area contributed by atoms with Crippen LogP contribution in [0.15, 0.2) is 24.3 Å². The van der Waals surface area contributed by atoms with Crippen molar-refractivity contribution in [3.8, 4) is 0 Å².